The fraction of sp³-hybridized carbons (Fsp3) is 0.857. The lowest BCUT2D eigenvalue weighted by molar-refractivity contribution is -0.137. The molecular formula is C7H13NO6S. The molecule has 0 aromatic carbocycles. The van der Waals surface area contributed by atoms with E-state index in [-0.39, 0.29) is 13.1 Å². The molecule has 0 saturated carbocycles. The van der Waals surface area contributed by atoms with E-state index in [4.69, 9.17) is 10.2 Å². The van der Waals surface area contributed by atoms with Gasteiger partial charge in [0.05, 0.1) is 19.3 Å². The molecular weight excluding hydrogens is 226 g/mol. The third kappa shape index (κ3) is 2.88. The van der Waals surface area contributed by atoms with Crippen LogP contribution in [0.5, 0.6) is 0 Å². The fourth-order valence-electron chi connectivity index (χ4n) is 1.26. The maximum Gasteiger partial charge on any atom is 0.322 e. The first kappa shape index (κ1) is 12.4. The second kappa shape index (κ2) is 4.44. The average molecular weight is 239 g/mol. The van der Waals surface area contributed by atoms with Crippen molar-refractivity contribution in [3.8, 4) is 0 Å². The summed E-state index contributed by atoms with van der Waals surface area (Å²) < 4.78 is 28.1. The summed E-state index contributed by atoms with van der Waals surface area (Å²) in [6.45, 7) is -0.388. The molecule has 0 spiro atoms. The van der Waals surface area contributed by atoms with Crippen LogP contribution in [0.25, 0.3) is 0 Å². The maximum absolute atomic E-state index is 11.5. The molecule has 1 saturated heterocycles. The molecule has 2 unspecified atom stereocenters. The predicted octanol–water partition coefficient (Wildman–Crippen LogP) is -2.47. The zero-order chi connectivity index (χ0) is 11.6. The number of carbonyl (C=O) groups is 1. The van der Waals surface area contributed by atoms with Gasteiger partial charge >= 0.3 is 5.97 Å². The molecule has 8 heteroatoms. The third-order valence-corrected chi connectivity index (χ3v) is 3.83. The molecule has 1 aliphatic heterocycles. The van der Waals surface area contributed by atoms with Crippen molar-refractivity contribution in [1.82, 2.24) is 4.31 Å². The van der Waals surface area contributed by atoms with Crippen LogP contribution in [-0.4, -0.2) is 67.1 Å². The minimum Gasteiger partial charge on any atom is -0.468 e. The van der Waals surface area contributed by atoms with Gasteiger partial charge in [-0.1, -0.05) is 0 Å². The lowest BCUT2D eigenvalue weighted by Gasteiger charge is -2.13. The number of hydrogen-bond donors (Lipinski definition) is 2. The van der Waals surface area contributed by atoms with Crippen molar-refractivity contribution >= 4 is 16.0 Å². The Balaban J connectivity index is 2.68. The zero-order valence-electron chi connectivity index (χ0n) is 8.16. The number of aliphatic hydroxyl groups is 2. The molecule has 0 aromatic heterocycles. The molecule has 15 heavy (non-hydrogen) atoms. The molecule has 0 aromatic rings. The van der Waals surface area contributed by atoms with Crippen LogP contribution in [0.15, 0.2) is 0 Å². The molecule has 1 heterocycles. The summed E-state index contributed by atoms with van der Waals surface area (Å²) in [5, 5.41) is 18.3. The van der Waals surface area contributed by atoms with E-state index in [1.165, 1.54) is 0 Å². The number of nitrogens with zero attached hydrogens (tertiary/aromatic N) is 1. The van der Waals surface area contributed by atoms with Crippen LogP contribution >= 0.6 is 0 Å². The molecule has 2 atom stereocenters. The number of ether oxygens (including phenoxy) is 1. The van der Waals surface area contributed by atoms with Crippen molar-refractivity contribution < 1.29 is 28.2 Å². The first-order chi connectivity index (χ1) is 6.86. The predicted molar refractivity (Wildman–Crippen MR) is 49.4 cm³/mol. The molecule has 7 nitrogen and oxygen atoms in total. The molecule has 1 aliphatic rings. The highest BCUT2D eigenvalue weighted by Crippen LogP contribution is 2.14. The number of hydrogen-bond acceptors (Lipinski definition) is 6. The lowest BCUT2D eigenvalue weighted by atomic mass is 10.3. The van der Waals surface area contributed by atoms with Crippen molar-refractivity contribution in [1.29, 1.82) is 0 Å². The third-order valence-electron chi connectivity index (χ3n) is 2.15. The first-order valence-corrected chi connectivity index (χ1v) is 5.88. The number of β-amino-alcohol motifs (C(OH)–C–C–N with tert-alkyl or cyclic N) is 2. The van der Waals surface area contributed by atoms with Crippen molar-refractivity contribution in [2.45, 2.75) is 12.2 Å². The molecule has 1 rings (SSSR count). The Morgan fingerprint density at radius 3 is 2.27 bits per heavy atom. The SMILES string of the molecule is COC(=O)CS(=O)(=O)N1CC(O)C(O)C1. The van der Waals surface area contributed by atoms with Gasteiger partial charge in [-0.2, -0.15) is 4.31 Å². The fourth-order valence-corrected chi connectivity index (χ4v) is 2.62. The standard InChI is InChI=1S/C7H13NO6S/c1-14-7(11)4-15(12,13)8-2-5(9)6(10)3-8/h5-6,9-10H,2-4H2,1H3. The summed E-state index contributed by atoms with van der Waals surface area (Å²) in [4.78, 5) is 10.8. The number of methoxy groups -OCH3 is 1. The monoisotopic (exact) mass is 239 g/mol. The second-order valence-corrected chi connectivity index (χ2v) is 5.25. The van der Waals surface area contributed by atoms with Gasteiger partial charge in [-0.15, -0.1) is 0 Å². The summed E-state index contributed by atoms with van der Waals surface area (Å²) in [7, 11) is -2.71. The van der Waals surface area contributed by atoms with E-state index in [0.717, 1.165) is 11.4 Å². The van der Waals surface area contributed by atoms with Crippen LogP contribution in [0.3, 0.4) is 0 Å². The normalized spacial score (nSPS) is 27.9. The van der Waals surface area contributed by atoms with Crippen molar-refractivity contribution in [2.24, 2.45) is 0 Å². The summed E-state index contributed by atoms with van der Waals surface area (Å²) in [6.07, 6.45) is -2.20. The van der Waals surface area contributed by atoms with Gasteiger partial charge in [0.15, 0.2) is 5.75 Å². The number of rotatable bonds is 3. The number of esters is 1. The number of carbonyl (C=O) groups excluding carboxylic acids is 1. The quantitative estimate of drug-likeness (QED) is 0.529. The van der Waals surface area contributed by atoms with Gasteiger partial charge in [0.2, 0.25) is 10.0 Å². The van der Waals surface area contributed by atoms with Gasteiger partial charge < -0.3 is 14.9 Å². The van der Waals surface area contributed by atoms with Gasteiger partial charge in [0, 0.05) is 13.1 Å². The summed E-state index contributed by atoms with van der Waals surface area (Å²) in [5.41, 5.74) is 0. The highest BCUT2D eigenvalue weighted by molar-refractivity contribution is 7.89. The van der Waals surface area contributed by atoms with E-state index in [2.05, 4.69) is 4.74 Å². The van der Waals surface area contributed by atoms with E-state index in [0.29, 0.717) is 0 Å². The summed E-state index contributed by atoms with van der Waals surface area (Å²) >= 11 is 0. The first-order valence-electron chi connectivity index (χ1n) is 4.27. The van der Waals surface area contributed by atoms with Crippen LogP contribution in [0.4, 0.5) is 0 Å². The van der Waals surface area contributed by atoms with Crippen molar-refractivity contribution in [2.75, 3.05) is 26.0 Å². The molecule has 88 valence electrons. The Morgan fingerprint density at radius 1 is 1.40 bits per heavy atom. The summed E-state index contributed by atoms with van der Waals surface area (Å²) in [5.74, 6) is -1.64. The maximum atomic E-state index is 11.5. The highest BCUT2D eigenvalue weighted by Gasteiger charge is 2.37. The molecule has 0 aliphatic carbocycles. The Kier molecular flexibility index (Phi) is 3.66. The van der Waals surface area contributed by atoms with E-state index in [1.807, 2.05) is 0 Å². The minimum absolute atomic E-state index is 0.194. The summed E-state index contributed by atoms with van der Waals surface area (Å²) in [6, 6.07) is 0. The van der Waals surface area contributed by atoms with Crippen molar-refractivity contribution in [3.63, 3.8) is 0 Å². The largest absolute Gasteiger partial charge is 0.468 e. The van der Waals surface area contributed by atoms with Crippen LogP contribution in [0.2, 0.25) is 0 Å². The minimum atomic E-state index is -3.80. The van der Waals surface area contributed by atoms with Crippen LogP contribution in [0, 0.1) is 0 Å². The van der Waals surface area contributed by atoms with Gasteiger partial charge in [-0.05, 0) is 0 Å². The van der Waals surface area contributed by atoms with Crippen LogP contribution in [-0.2, 0) is 19.6 Å². The highest BCUT2D eigenvalue weighted by atomic mass is 32.2. The van der Waals surface area contributed by atoms with E-state index in [9.17, 15) is 13.2 Å². The van der Waals surface area contributed by atoms with Gasteiger partial charge in [-0.25, -0.2) is 8.42 Å². The van der Waals surface area contributed by atoms with Gasteiger partial charge in [-0.3, -0.25) is 4.79 Å². The van der Waals surface area contributed by atoms with Gasteiger partial charge in [0.1, 0.15) is 0 Å². The lowest BCUT2D eigenvalue weighted by Crippen LogP contribution is -2.35. The number of sulfonamides is 1. The molecule has 0 amide bonds. The van der Waals surface area contributed by atoms with Crippen molar-refractivity contribution in [3.05, 3.63) is 0 Å². The molecule has 2 N–H and O–H groups in total. The zero-order valence-corrected chi connectivity index (χ0v) is 8.98. The molecule has 0 radical (unpaired) electrons. The van der Waals surface area contributed by atoms with Crippen LogP contribution in [0.1, 0.15) is 0 Å². The van der Waals surface area contributed by atoms with E-state index < -0.39 is 34.0 Å². The Morgan fingerprint density at radius 2 is 1.87 bits per heavy atom. The topological polar surface area (TPSA) is 104 Å². The second-order valence-electron chi connectivity index (χ2n) is 3.28. The van der Waals surface area contributed by atoms with E-state index >= 15 is 0 Å². The van der Waals surface area contributed by atoms with E-state index in [1.54, 1.807) is 0 Å². The Bertz CT molecular complexity index is 329. The smallest absolute Gasteiger partial charge is 0.322 e. The Hall–Kier alpha value is -0.700. The molecule has 1 fully saturated rings. The van der Waals surface area contributed by atoms with Gasteiger partial charge in [0.25, 0.3) is 0 Å². The molecule has 0 bridgehead atoms. The Labute approximate surface area is 87.3 Å². The van der Waals surface area contributed by atoms with Crippen LogP contribution < -0.4 is 0 Å². The average Bonchev–Trinajstić information content (AvgIpc) is 2.47. The number of aliphatic hydroxyl groups excluding tert-OH is 2.